The first-order valence-electron chi connectivity index (χ1n) is 8.27. The number of nitrogens with zero attached hydrogens (tertiary/aromatic N) is 4. The van der Waals surface area contributed by atoms with Crippen molar-refractivity contribution in [3.63, 3.8) is 0 Å². The van der Waals surface area contributed by atoms with Crippen molar-refractivity contribution >= 4 is 17.8 Å². The Bertz CT molecular complexity index is 803. The molecule has 3 rings (SSSR count). The lowest BCUT2D eigenvalue weighted by Gasteiger charge is -2.34. The molecule has 1 amide bonds. The number of para-hydroxylation sites is 1. The standard InChI is InChI=1S/C18H20N4O4/c1-13(23)26-15-6-4-3-5-14(15)17(24)21-9-11-22(12-10-21)18-19-8-7-16(20-18)25-2/h3-8H,9-12H2,1-2H3. The second-order valence-corrected chi connectivity index (χ2v) is 5.77. The van der Waals surface area contributed by atoms with Gasteiger partial charge in [-0.15, -0.1) is 0 Å². The van der Waals surface area contributed by atoms with Gasteiger partial charge in [-0.2, -0.15) is 4.98 Å². The molecule has 0 N–H and O–H groups in total. The van der Waals surface area contributed by atoms with Crippen LogP contribution in [0.25, 0.3) is 0 Å². The van der Waals surface area contributed by atoms with Crippen molar-refractivity contribution in [2.45, 2.75) is 6.92 Å². The van der Waals surface area contributed by atoms with Crippen molar-refractivity contribution in [1.29, 1.82) is 0 Å². The molecule has 0 bridgehead atoms. The Balaban J connectivity index is 1.68. The number of rotatable bonds is 4. The van der Waals surface area contributed by atoms with E-state index >= 15 is 0 Å². The van der Waals surface area contributed by atoms with E-state index in [9.17, 15) is 9.59 Å². The number of amides is 1. The van der Waals surface area contributed by atoms with Gasteiger partial charge in [0.05, 0.1) is 12.7 Å². The molecule has 1 fully saturated rings. The number of anilines is 1. The normalized spacial score (nSPS) is 14.1. The Kier molecular flexibility index (Phi) is 5.31. The fourth-order valence-electron chi connectivity index (χ4n) is 2.77. The van der Waals surface area contributed by atoms with Gasteiger partial charge in [-0.25, -0.2) is 4.98 Å². The summed E-state index contributed by atoms with van der Waals surface area (Å²) in [5.41, 5.74) is 0.383. The highest BCUT2D eigenvalue weighted by Gasteiger charge is 2.25. The van der Waals surface area contributed by atoms with Crippen molar-refractivity contribution < 1.29 is 19.1 Å². The SMILES string of the molecule is COc1ccnc(N2CCN(C(=O)c3ccccc3OC(C)=O)CC2)n1. The molecule has 0 atom stereocenters. The highest BCUT2D eigenvalue weighted by atomic mass is 16.5. The summed E-state index contributed by atoms with van der Waals surface area (Å²) < 4.78 is 10.3. The van der Waals surface area contributed by atoms with E-state index in [2.05, 4.69) is 9.97 Å². The molecular formula is C18H20N4O4. The van der Waals surface area contributed by atoms with Crippen LogP contribution in [0.3, 0.4) is 0 Å². The maximum Gasteiger partial charge on any atom is 0.308 e. The van der Waals surface area contributed by atoms with Crippen LogP contribution >= 0.6 is 0 Å². The third kappa shape index (κ3) is 3.90. The smallest absolute Gasteiger partial charge is 0.308 e. The molecule has 2 aromatic rings. The summed E-state index contributed by atoms with van der Waals surface area (Å²) in [6, 6.07) is 8.45. The van der Waals surface area contributed by atoms with Gasteiger partial charge in [0.1, 0.15) is 5.75 Å². The quantitative estimate of drug-likeness (QED) is 0.604. The number of ether oxygens (including phenoxy) is 2. The maximum atomic E-state index is 12.8. The zero-order valence-corrected chi connectivity index (χ0v) is 14.7. The minimum Gasteiger partial charge on any atom is -0.481 e. The third-order valence-electron chi connectivity index (χ3n) is 4.05. The van der Waals surface area contributed by atoms with E-state index in [4.69, 9.17) is 9.47 Å². The van der Waals surface area contributed by atoms with Crippen molar-refractivity contribution in [2.75, 3.05) is 38.2 Å². The first kappa shape index (κ1) is 17.7. The largest absolute Gasteiger partial charge is 0.481 e. The van der Waals surface area contributed by atoms with Crippen LogP contribution in [0.4, 0.5) is 5.95 Å². The van der Waals surface area contributed by atoms with Gasteiger partial charge >= 0.3 is 5.97 Å². The molecule has 2 heterocycles. The number of esters is 1. The van der Waals surface area contributed by atoms with Crippen molar-refractivity contribution in [2.24, 2.45) is 0 Å². The topological polar surface area (TPSA) is 84.9 Å². The molecule has 0 unspecified atom stereocenters. The van der Waals surface area contributed by atoms with E-state index < -0.39 is 5.97 Å². The lowest BCUT2D eigenvalue weighted by molar-refractivity contribution is -0.131. The molecular weight excluding hydrogens is 336 g/mol. The van der Waals surface area contributed by atoms with Crippen LogP contribution in [0.5, 0.6) is 11.6 Å². The number of benzene rings is 1. The summed E-state index contributed by atoms with van der Waals surface area (Å²) in [7, 11) is 1.56. The van der Waals surface area contributed by atoms with Crippen LogP contribution in [0.2, 0.25) is 0 Å². The molecule has 136 valence electrons. The summed E-state index contributed by atoms with van der Waals surface area (Å²) in [5, 5.41) is 0. The number of aromatic nitrogens is 2. The van der Waals surface area contributed by atoms with E-state index in [1.807, 2.05) is 4.90 Å². The molecule has 8 nitrogen and oxygen atoms in total. The second kappa shape index (κ2) is 7.81. The molecule has 1 aromatic carbocycles. The molecule has 0 saturated carbocycles. The Labute approximate surface area is 151 Å². The number of hydrogen-bond acceptors (Lipinski definition) is 7. The van der Waals surface area contributed by atoms with E-state index in [1.54, 1.807) is 48.5 Å². The van der Waals surface area contributed by atoms with Crippen LogP contribution < -0.4 is 14.4 Å². The molecule has 1 aromatic heterocycles. The predicted molar refractivity (Wildman–Crippen MR) is 94.5 cm³/mol. The van der Waals surface area contributed by atoms with Gasteiger partial charge in [0.15, 0.2) is 0 Å². The van der Waals surface area contributed by atoms with Gasteiger partial charge in [0.2, 0.25) is 11.8 Å². The van der Waals surface area contributed by atoms with E-state index in [1.165, 1.54) is 6.92 Å². The summed E-state index contributed by atoms with van der Waals surface area (Å²) in [4.78, 5) is 36.4. The minimum absolute atomic E-state index is 0.159. The third-order valence-corrected chi connectivity index (χ3v) is 4.05. The molecule has 1 aliphatic heterocycles. The van der Waals surface area contributed by atoms with Gasteiger partial charge in [-0.3, -0.25) is 9.59 Å². The van der Waals surface area contributed by atoms with E-state index in [0.29, 0.717) is 43.6 Å². The lowest BCUT2D eigenvalue weighted by atomic mass is 10.1. The fraction of sp³-hybridized carbons (Fsp3) is 0.333. The molecule has 0 aliphatic carbocycles. The summed E-state index contributed by atoms with van der Waals surface area (Å²) in [6.45, 7) is 3.57. The van der Waals surface area contributed by atoms with Crippen LogP contribution in [0, 0.1) is 0 Å². The number of hydrogen-bond donors (Lipinski definition) is 0. The number of methoxy groups -OCH3 is 1. The van der Waals surface area contributed by atoms with Crippen LogP contribution in [-0.4, -0.2) is 60.0 Å². The molecule has 1 saturated heterocycles. The van der Waals surface area contributed by atoms with E-state index in [0.717, 1.165) is 0 Å². The Morgan fingerprint density at radius 3 is 2.50 bits per heavy atom. The monoisotopic (exact) mass is 356 g/mol. The molecule has 0 spiro atoms. The Morgan fingerprint density at radius 1 is 1.08 bits per heavy atom. The summed E-state index contributed by atoms with van der Waals surface area (Å²) >= 11 is 0. The average molecular weight is 356 g/mol. The second-order valence-electron chi connectivity index (χ2n) is 5.77. The zero-order valence-electron chi connectivity index (χ0n) is 14.7. The molecule has 0 radical (unpaired) electrons. The highest BCUT2D eigenvalue weighted by Crippen LogP contribution is 2.22. The van der Waals surface area contributed by atoms with Crippen LogP contribution in [0.1, 0.15) is 17.3 Å². The van der Waals surface area contributed by atoms with Crippen LogP contribution in [-0.2, 0) is 4.79 Å². The first-order valence-corrected chi connectivity index (χ1v) is 8.27. The van der Waals surface area contributed by atoms with Crippen LogP contribution in [0.15, 0.2) is 36.5 Å². The molecule has 1 aliphatic rings. The molecule has 26 heavy (non-hydrogen) atoms. The highest BCUT2D eigenvalue weighted by molar-refractivity contribution is 5.97. The minimum atomic E-state index is -0.453. The zero-order chi connectivity index (χ0) is 18.5. The number of piperazine rings is 1. The van der Waals surface area contributed by atoms with Gasteiger partial charge in [0, 0.05) is 45.4 Å². The predicted octanol–water partition coefficient (Wildman–Crippen LogP) is 1.37. The van der Waals surface area contributed by atoms with Crippen molar-refractivity contribution in [3.05, 3.63) is 42.1 Å². The fourth-order valence-corrected chi connectivity index (χ4v) is 2.77. The number of carbonyl (C=O) groups excluding carboxylic acids is 2. The van der Waals surface area contributed by atoms with Crippen molar-refractivity contribution in [3.8, 4) is 11.6 Å². The summed E-state index contributed by atoms with van der Waals surface area (Å²) in [6.07, 6.45) is 1.65. The van der Waals surface area contributed by atoms with Gasteiger partial charge in [0.25, 0.3) is 5.91 Å². The van der Waals surface area contributed by atoms with Gasteiger partial charge in [-0.05, 0) is 12.1 Å². The summed E-state index contributed by atoms with van der Waals surface area (Å²) in [5.74, 6) is 0.752. The Hall–Kier alpha value is -3.16. The van der Waals surface area contributed by atoms with Gasteiger partial charge < -0.3 is 19.3 Å². The Morgan fingerprint density at radius 2 is 1.81 bits per heavy atom. The van der Waals surface area contributed by atoms with E-state index in [-0.39, 0.29) is 11.7 Å². The van der Waals surface area contributed by atoms with Gasteiger partial charge in [-0.1, -0.05) is 12.1 Å². The first-order chi connectivity index (χ1) is 12.6. The van der Waals surface area contributed by atoms with Crippen molar-refractivity contribution in [1.82, 2.24) is 14.9 Å². The lowest BCUT2D eigenvalue weighted by Crippen LogP contribution is -2.49. The molecule has 8 heteroatoms. The number of carbonyl (C=O) groups is 2. The maximum absolute atomic E-state index is 12.8. The average Bonchev–Trinajstić information content (AvgIpc) is 2.67.